The average Bonchev–Trinajstić information content (AvgIpc) is 2.48. The van der Waals surface area contributed by atoms with E-state index in [9.17, 15) is 4.79 Å². The van der Waals surface area contributed by atoms with Crippen molar-refractivity contribution >= 4 is 16.9 Å². The highest BCUT2D eigenvalue weighted by molar-refractivity contribution is 5.87. The molecule has 0 saturated heterocycles. The third-order valence-corrected chi connectivity index (χ3v) is 2.32. The normalized spacial score (nSPS) is 10.8. The van der Waals surface area contributed by atoms with Crippen molar-refractivity contribution in [1.82, 2.24) is 5.16 Å². The molecule has 0 fully saturated rings. The van der Waals surface area contributed by atoms with Gasteiger partial charge in [0, 0.05) is 5.39 Å². The van der Waals surface area contributed by atoms with E-state index in [0.717, 1.165) is 22.1 Å². The minimum Gasteiger partial charge on any atom is -0.369 e. The molecule has 0 saturated carbocycles. The van der Waals surface area contributed by atoms with Crippen LogP contribution in [0.3, 0.4) is 0 Å². The van der Waals surface area contributed by atoms with Crippen LogP contribution in [0.4, 0.5) is 0 Å². The second-order valence-corrected chi connectivity index (χ2v) is 3.73. The van der Waals surface area contributed by atoms with Crippen molar-refractivity contribution < 1.29 is 9.32 Å². The Bertz CT molecular complexity index is 529. The highest BCUT2D eigenvalue weighted by Gasteiger charge is 2.12. The number of carbonyl (C=O) groups is 1. The van der Waals surface area contributed by atoms with Gasteiger partial charge in [-0.05, 0) is 31.0 Å². The molecule has 1 aromatic carbocycles. The van der Waals surface area contributed by atoms with Gasteiger partial charge < -0.3 is 10.3 Å². The summed E-state index contributed by atoms with van der Waals surface area (Å²) in [5, 5.41) is 4.74. The molecule has 78 valence electrons. The predicted molar refractivity (Wildman–Crippen MR) is 56.4 cm³/mol. The quantitative estimate of drug-likeness (QED) is 0.805. The molecule has 0 unspecified atom stereocenters. The number of primary amides is 1. The van der Waals surface area contributed by atoms with E-state index in [1.807, 2.05) is 26.0 Å². The molecule has 2 aromatic rings. The standard InChI is InChI=1S/C11H12N2O2/c1-6-3-7(2)11-8(4-6)9(13-15-11)5-10(12)14/h3-4H,5H2,1-2H3,(H2,12,14). The molecule has 0 aliphatic heterocycles. The van der Waals surface area contributed by atoms with Crippen LogP contribution in [0.1, 0.15) is 16.8 Å². The molecule has 0 radical (unpaired) electrons. The van der Waals surface area contributed by atoms with Crippen molar-refractivity contribution in [3.05, 3.63) is 29.0 Å². The number of aromatic nitrogens is 1. The van der Waals surface area contributed by atoms with Gasteiger partial charge in [-0.1, -0.05) is 11.2 Å². The summed E-state index contributed by atoms with van der Waals surface area (Å²) in [5.74, 6) is -0.399. The van der Waals surface area contributed by atoms with Crippen molar-refractivity contribution in [3.8, 4) is 0 Å². The van der Waals surface area contributed by atoms with Gasteiger partial charge in [-0.25, -0.2) is 0 Å². The first kappa shape index (κ1) is 9.71. The van der Waals surface area contributed by atoms with Gasteiger partial charge in [-0.2, -0.15) is 0 Å². The summed E-state index contributed by atoms with van der Waals surface area (Å²) >= 11 is 0. The molecule has 4 heteroatoms. The second kappa shape index (κ2) is 3.38. The Labute approximate surface area is 87.0 Å². The Hall–Kier alpha value is -1.84. The molecular weight excluding hydrogens is 192 g/mol. The van der Waals surface area contributed by atoms with Gasteiger partial charge in [-0.3, -0.25) is 4.79 Å². The molecule has 1 amide bonds. The number of nitrogens with zero attached hydrogens (tertiary/aromatic N) is 1. The van der Waals surface area contributed by atoms with E-state index in [4.69, 9.17) is 10.3 Å². The summed E-state index contributed by atoms with van der Waals surface area (Å²) in [6.45, 7) is 3.95. The lowest BCUT2D eigenvalue weighted by Crippen LogP contribution is -2.13. The van der Waals surface area contributed by atoms with E-state index in [1.54, 1.807) is 0 Å². The smallest absolute Gasteiger partial charge is 0.223 e. The summed E-state index contributed by atoms with van der Waals surface area (Å²) in [7, 11) is 0. The van der Waals surface area contributed by atoms with E-state index in [0.29, 0.717) is 5.69 Å². The first-order chi connectivity index (χ1) is 7.08. The van der Waals surface area contributed by atoms with E-state index in [2.05, 4.69) is 5.16 Å². The maximum Gasteiger partial charge on any atom is 0.223 e. The minimum atomic E-state index is -0.399. The van der Waals surface area contributed by atoms with Gasteiger partial charge in [0.1, 0.15) is 5.69 Å². The molecule has 1 heterocycles. The fourth-order valence-corrected chi connectivity index (χ4v) is 1.73. The van der Waals surface area contributed by atoms with E-state index in [1.165, 1.54) is 0 Å². The number of aryl methyl sites for hydroxylation is 2. The zero-order valence-electron chi connectivity index (χ0n) is 8.70. The van der Waals surface area contributed by atoms with Crippen molar-refractivity contribution in [2.75, 3.05) is 0 Å². The largest absolute Gasteiger partial charge is 0.369 e. The number of carbonyl (C=O) groups excluding carboxylic acids is 1. The zero-order chi connectivity index (χ0) is 11.0. The fourth-order valence-electron chi connectivity index (χ4n) is 1.73. The molecule has 0 aliphatic carbocycles. The lowest BCUT2D eigenvalue weighted by atomic mass is 10.1. The first-order valence-corrected chi connectivity index (χ1v) is 4.71. The van der Waals surface area contributed by atoms with Crippen molar-refractivity contribution in [2.45, 2.75) is 20.3 Å². The number of rotatable bonds is 2. The molecule has 15 heavy (non-hydrogen) atoms. The van der Waals surface area contributed by atoms with Gasteiger partial charge in [0.05, 0.1) is 6.42 Å². The van der Waals surface area contributed by atoms with E-state index >= 15 is 0 Å². The summed E-state index contributed by atoms with van der Waals surface area (Å²) in [6, 6.07) is 3.97. The van der Waals surface area contributed by atoms with Gasteiger partial charge in [0.25, 0.3) is 0 Å². The maximum atomic E-state index is 10.8. The van der Waals surface area contributed by atoms with Gasteiger partial charge >= 0.3 is 0 Å². The number of amides is 1. The molecule has 1 aromatic heterocycles. The van der Waals surface area contributed by atoms with Crippen LogP contribution < -0.4 is 5.73 Å². The van der Waals surface area contributed by atoms with Crippen molar-refractivity contribution in [1.29, 1.82) is 0 Å². The summed E-state index contributed by atoms with van der Waals surface area (Å²) in [5.41, 5.74) is 8.62. The number of hydrogen-bond acceptors (Lipinski definition) is 3. The van der Waals surface area contributed by atoms with Crippen molar-refractivity contribution in [3.63, 3.8) is 0 Å². The van der Waals surface area contributed by atoms with Crippen LogP contribution in [-0.2, 0) is 11.2 Å². The van der Waals surface area contributed by atoms with Gasteiger partial charge in [0.2, 0.25) is 5.91 Å². The molecule has 0 atom stereocenters. The SMILES string of the molecule is Cc1cc(C)c2onc(CC(N)=O)c2c1. The predicted octanol–water partition coefficient (Wildman–Crippen LogP) is 1.47. The molecule has 4 nitrogen and oxygen atoms in total. The minimum absolute atomic E-state index is 0.121. The number of hydrogen-bond donors (Lipinski definition) is 1. The Morgan fingerprint density at radius 3 is 2.87 bits per heavy atom. The third kappa shape index (κ3) is 1.70. The summed E-state index contributed by atoms with van der Waals surface area (Å²) < 4.78 is 5.18. The third-order valence-electron chi connectivity index (χ3n) is 2.32. The number of fused-ring (bicyclic) bond motifs is 1. The Morgan fingerprint density at radius 1 is 1.47 bits per heavy atom. The van der Waals surface area contributed by atoms with Crippen LogP contribution in [0.15, 0.2) is 16.7 Å². The first-order valence-electron chi connectivity index (χ1n) is 4.71. The molecular formula is C11H12N2O2. The van der Waals surface area contributed by atoms with Gasteiger partial charge in [0.15, 0.2) is 5.58 Å². The van der Waals surface area contributed by atoms with E-state index < -0.39 is 5.91 Å². The maximum absolute atomic E-state index is 10.8. The number of benzene rings is 1. The van der Waals surface area contributed by atoms with Crippen LogP contribution in [0.2, 0.25) is 0 Å². The van der Waals surface area contributed by atoms with E-state index in [-0.39, 0.29) is 6.42 Å². The average molecular weight is 204 g/mol. The molecule has 2 N–H and O–H groups in total. The lowest BCUT2D eigenvalue weighted by molar-refractivity contribution is -0.117. The summed E-state index contributed by atoms with van der Waals surface area (Å²) in [4.78, 5) is 10.8. The fraction of sp³-hybridized carbons (Fsp3) is 0.273. The molecule has 0 bridgehead atoms. The Morgan fingerprint density at radius 2 is 2.20 bits per heavy atom. The molecule has 0 spiro atoms. The highest BCUT2D eigenvalue weighted by atomic mass is 16.5. The molecule has 2 rings (SSSR count). The Kier molecular flexibility index (Phi) is 2.19. The van der Waals surface area contributed by atoms with Crippen molar-refractivity contribution in [2.24, 2.45) is 5.73 Å². The Balaban J connectivity index is 2.63. The van der Waals surface area contributed by atoms with Crippen LogP contribution in [-0.4, -0.2) is 11.1 Å². The zero-order valence-corrected chi connectivity index (χ0v) is 8.70. The molecule has 0 aliphatic rings. The van der Waals surface area contributed by atoms with Crippen LogP contribution in [0, 0.1) is 13.8 Å². The topological polar surface area (TPSA) is 69.1 Å². The van der Waals surface area contributed by atoms with Crippen LogP contribution in [0.5, 0.6) is 0 Å². The second-order valence-electron chi connectivity index (χ2n) is 3.73. The number of nitrogens with two attached hydrogens (primary N) is 1. The lowest BCUT2D eigenvalue weighted by Gasteiger charge is -1.97. The monoisotopic (exact) mass is 204 g/mol. The van der Waals surface area contributed by atoms with Crippen LogP contribution >= 0.6 is 0 Å². The van der Waals surface area contributed by atoms with Crippen LogP contribution in [0.25, 0.3) is 11.0 Å². The van der Waals surface area contributed by atoms with Gasteiger partial charge in [-0.15, -0.1) is 0 Å². The summed E-state index contributed by atoms with van der Waals surface area (Å²) in [6.07, 6.45) is 0.121. The highest BCUT2D eigenvalue weighted by Crippen LogP contribution is 2.23.